The van der Waals surface area contributed by atoms with Crippen molar-refractivity contribution in [1.29, 1.82) is 0 Å². The highest BCUT2D eigenvalue weighted by atomic mass is 28.2. The molecular weight excluding hydrogens is 192 g/mol. The van der Waals surface area contributed by atoms with E-state index in [0.29, 0.717) is 10.5 Å². The lowest BCUT2D eigenvalue weighted by atomic mass is 10.4. The largest absolute Gasteiger partial charge is 0.399 e. The van der Waals surface area contributed by atoms with Crippen molar-refractivity contribution < 1.29 is 23.5 Å². The Labute approximate surface area is 79.9 Å². The van der Waals surface area contributed by atoms with Crippen LogP contribution in [-0.2, 0) is 23.5 Å². The van der Waals surface area contributed by atoms with Crippen molar-refractivity contribution in [3.05, 3.63) is 0 Å². The van der Waals surface area contributed by atoms with Crippen molar-refractivity contribution in [2.45, 2.75) is 33.2 Å². The first-order valence-electron chi connectivity index (χ1n) is 3.90. The molecule has 0 N–H and O–H groups in total. The third-order valence-corrected chi connectivity index (χ3v) is 1.96. The zero-order chi connectivity index (χ0) is 10.5. The van der Waals surface area contributed by atoms with Crippen LogP contribution in [0.5, 0.6) is 0 Å². The Balaban J connectivity index is 4.48. The lowest BCUT2D eigenvalue weighted by Gasteiger charge is -2.29. The molecule has 0 aliphatic heterocycles. The van der Waals surface area contributed by atoms with Crippen molar-refractivity contribution in [3.8, 4) is 0 Å². The Bertz CT molecular complexity index is 181. The van der Waals surface area contributed by atoms with Crippen LogP contribution in [0.15, 0.2) is 0 Å². The van der Waals surface area contributed by atoms with Gasteiger partial charge in [-0.1, -0.05) is 6.92 Å². The third kappa shape index (κ3) is 4.04. The van der Waals surface area contributed by atoms with Crippen LogP contribution in [0, 0.1) is 0 Å². The van der Waals surface area contributed by atoms with E-state index in [1.165, 1.54) is 13.8 Å². The van der Waals surface area contributed by atoms with E-state index in [4.69, 9.17) is 13.9 Å². The van der Waals surface area contributed by atoms with Gasteiger partial charge < -0.3 is 13.9 Å². The predicted molar refractivity (Wildman–Crippen MR) is 47.6 cm³/mol. The van der Waals surface area contributed by atoms with Crippen molar-refractivity contribution in [1.82, 2.24) is 0 Å². The molecule has 0 saturated heterocycles. The van der Waals surface area contributed by atoms with E-state index in [0.717, 1.165) is 0 Å². The van der Waals surface area contributed by atoms with Crippen molar-refractivity contribution >= 4 is 22.4 Å². The summed E-state index contributed by atoms with van der Waals surface area (Å²) in [5.74, 6) is -2.60. The van der Waals surface area contributed by atoms with Gasteiger partial charge in [-0.15, -0.1) is 0 Å². The highest BCUT2D eigenvalue weighted by molar-refractivity contribution is 5.98. The molecule has 0 heterocycles. The molecule has 0 aromatic carbocycles. The van der Waals surface area contributed by atoms with Gasteiger partial charge >= 0.3 is 17.9 Å². The summed E-state index contributed by atoms with van der Waals surface area (Å²) in [6.45, 7) is 4.16. The molecule has 0 bridgehead atoms. The minimum Gasteiger partial charge on any atom is -0.399 e. The second kappa shape index (κ2) is 4.98. The fraction of sp³-hybridized carbons (Fsp3) is 0.714. The van der Waals surface area contributed by atoms with Gasteiger partial charge in [-0.05, 0) is 0 Å². The Morgan fingerprint density at radius 3 is 1.77 bits per heavy atom. The average Bonchev–Trinajstić information content (AvgIpc) is 2.01. The molecule has 76 valence electrons. The quantitative estimate of drug-likeness (QED) is 0.351. The highest BCUT2D eigenvalue weighted by Crippen LogP contribution is 2.18. The minimum absolute atomic E-state index is 0.273. The smallest absolute Gasteiger partial charge is 0.365 e. The summed E-state index contributed by atoms with van der Waals surface area (Å²) in [5, 5.41) is 0. The number of carbonyl (C=O) groups excluding carboxylic acids is 2. The minimum atomic E-state index is -1.51. The molecule has 0 aromatic heterocycles. The van der Waals surface area contributed by atoms with Gasteiger partial charge in [0.1, 0.15) is 0 Å². The van der Waals surface area contributed by atoms with E-state index in [9.17, 15) is 9.59 Å². The Kier molecular flexibility index (Phi) is 4.64. The molecule has 0 aliphatic carbocycles. The normalized spacial score (nSPS) is 11.0. The summed E-state index contributed by atoms with van der Waals surface area (Å²) < 4.78 is 14.5. The monoisotopic (exact) mass is 206 g/mol. The van der Waals surface area contributed by atoms with E-state index >= 15 is 0 Å². The molecule has 0 fully saturated rings. The molecule has 0 aromatic rings. The first-order valence-corrected chi connectivity index (χ1v) is 4.71. The Morgan fingerprint density at radius 1 is 1.23 bits per heavy atom. The molecule has 0 aliphatic rings. The first-order chi connectivity index (χ1) is 5.95. The number of hydrogen-bond donors (Lipinski definition) is 0. The van der Waals surface area contributed by atoms with Crippen LogP contribution in [0.1, 0.15) is 27.2 Å². The molecule has 0 amide bonds. The van der Waals surface area contributed by atoms with Gasteiger partial charge in [-0.2, -0.15) is 0 Å². The van der Waals surface area contributed by atoms with Crippen LogP contribution < -0.4 is 0 Å². The maximum absolute atomic E-state index is 10.7. The van der Waals surface area contributed by atoms with Gasteiger partial charge in [0.25, 0.3) is 0 Å². The maximum atomic E-state index is 10.7. The zero-order valence-corrected chi connectivity index (χ0v) is 10.2. The summed E-state index contributed by atoms with van der Waals surface area (Å²) in [5.41, 5.74) is 0. The van der Waals surface area contributed by atoms with Gasteiger partial charge in [-0.25, -0.2) is 0 Å². The molecule has 0 saturated carbocycles. The fourth-order valence-electron chi connectivity index (χ4n) is 0.831. The van der Waals surface area contributed by atoms with E-state index in [1.54, 1.807) is 6.92 Å². The lowest BCUT2D eigenvalue weighted by molar-refractivity contribution is -0.308. The van der Waals surface area contributed by atoms with Crippen LogP contribution in [0.2, 0.25) is 0 Å². The molecule has 13 heavy (non-hydrogen) atoms. The summed E-state index contributed by atoms with van der Waals surface area (Å²) in [6, 6.07) is 0. The molecule has 0 spiro atoms. The van der Waals surface area contributed by atoms with Gasteiger partial charge in [0, 0.05) is 13.8 Å². The number of hydrogen-bond acceptors (Lipinski definition) is 5. The van der Waals surface area contributed by atoms with E-state index < -0.39 is 17.9 Å². The fourth-order valence-corrected chi connectivity index (χ4v) is 1.29. The van der Waals surface area contributed by atoms with Crippen LogP contribution >= 0.6 is 0 Å². The topological polar surface area (TPSA) is 61.8 Å². The Hall–Kier alpha value is -0.883. The highest BCUT2D eigenvalue weighted by Gasteiger charge is 2.34. The van der Waals surface area contributed by atoms with Gasteiger partial charge in [0.2, 0.25) is 0 Å². The average molecular weight is 206 g/mol. The second-order valence-corrected chi connectivity index (χ2v) is 2.84. The lowest BCUT2D eigenvalue weighted by Crippen LogP contribution is -2.40. The summed E-state index contributed by atoms with van der Waals surface area (Å²) >= 11 is 0. The van der Waals surface area contributed by atoms with Crippen LogP contribution in [-0.4, -0.2) is 28.4 Å². The number of rotatable bonds is 4. The van der Waals surface area contributed by atoms with Crippen molar-refractivity contribution in [2.24, 2.45) is 0 Å². The van der Waals surface area contributed by atoms with E-state index in [2.05, 4.69) is 0 Å². The van der Waals surface area contributed by atoms with Gasteiger partial charge in [-0.3, -0.25) is 9.59 Å². The molecule has 0 atom stereocenters. The number of carbonyl (C=O) groups is 2. The predicted octanol–water partition coefficient (Wildman–Crippen LogP) is -0.527. The summed E-state index contributed by atoms with van der Waals surface area (Å²) in [7, 11) is 0.312. The van der Waals surface area contributed by atoms with Crippen molar-refractivity contribution in [3.63, 3.8) is 0 Å². The van der Waals surface area contributed by atoms with Crippen LogP contribution in [0.25, 0.3) is 0 Å². The van der Waals surface area contributed by atoms with Crippen molar-refractivity contribution in [2.75, 3.05) is 0 Å². The molecule has 6 heteroatoms. The molecule has 0 rings (SSSR count). The van der Waals surface area contributed by atoms with Crippen LogP contribution in [0.4, 0.5) is 0 Å². The SMILES string of the molecule is CCC(O[SiH3])(OC(C)=O)OC(C)=O. The molecule has 5 nitrogen and oxygen atoms in total. The van der Waals surface area contributed by atoms with E-state index in [-0.39, 0.29) is 6.42 Å². The maximum Gasteiger partial charge on any atom is 0.365 e. The standard InChI is InChI=1S/C7H14O5Si/c1-4-7(12-13,10-5(2)8)11-6(3)9/h4H2,1-3,13H3. The molecule has 0 radical (unpaired) electrons. The first kappa shape index (κ1) is 12.1. The number of esters is 2. The summed E-state index contributed by atoms with van der Waals surface area (Å²) in [4.78, 5) is 21.4. The third-order valence-electron chi connectivity index (χ3n) is 1.34. The van der Waals surface area contributed by atoms with Gasteiger partial charge in [0.15, 0.2) is 10.5 Å². The summed E-state index contributed by atoms with van der Waals surface area (Å²) in [6.07, 6.45) is 0.273. The Morgan fingerprint density at radius 2 is 1.62 bits per heavy atom. The van der Waals surface area contributed by atoms with Gasteiger partial charge in [0.05, 0.1) is 6.42 Å². The van der Waals surface area contributed by atoms with E-state index in [1.807, 2.05) is 0 Å². The second-order valence-electron chi connectivity index (χ2n) is 2.43. The molecule has 0 unspecified atom stereocenters. The molecular formula is C7H14O5Si. The van der Waals surface area contributed by atoms with Crippen LogP contribution in [0.3, 0.4) is 0 Å². The number of ether oxygens (including phenoxy) is 2. The zero-order valence-electron chi connectivity index (χ0n) is 8.25.